The van der Waals surface area contributed by atoms with Crippen LogP contribution in [0.2, 0.25) is 0 Å². The van der Waals surface area contributed by atoms with Crippen molar-refractivity contribution in [1.29, 1.82) is 0 Å². The van der Waals surface area contributed by atoms with Crippen LogP contribution in [0.5, 0.6) is 0 Å². The molecule has 0 fully saturated rings. The van der Waals surface area contributed by atoms with Crippen LogP contribution in [0.3, 0.4) is 0 Å². The van der Waals surface area contributed by atoms with Crippen LogP contribution < -0.4 is 0 Å². The van der Waals surface area contributed by atoms with Crippen molar-refractivity contribution in [3.8, 4) is 0 Å². The molecule has 2 nitrogen and oxygen atoms in total. The van der Waals surface area contributed by atoms with Crippen LogP contribution >= 0.6 is 0 Å². The van der Waals surface area contributed by atoms with E-state index in [9.17, 15) is 5.11 Å². The van der Waals surface area contributed by atoms with Gasteiger partial charge >= 0.3 is 0 Å². The number of hydrogen-bond donors (Lipinski definition) is 1. The maximum absolute atomic E-state index is 10.0. The van der Waals surface area contributed by atoms with E-state index in [-0.39, 0.29) is 0 Å². The molecule has 0 aliphatic rings. The van der Waals surface area contributed by atoms with Crippen LogP contribution in [0.1, 0.15) is 40.2 Å². The molecule has 19 heavy (non-hydrogen) atoms. The van der Waals surface area contributed by atoms with Crippen LogP contribution in [0.4, 0.5) is 0 Å². The zero-order chi connectivity index (χ0) is 14.4. The normalized spacial score (nSPS) is 12.6. The summed E-state index contributed by atoms with van der Waals surface area (Å²) in [6, 6.07) is 9.91. The number of aliphatic hydroxyl groups excluding tert-OH is 1. The molecular formula is C17H26O2. The first kappa shape index (κ1) is 15.8. The van der Waals surface area contributed by atoms with E-state index in [4.69, 9.17) is 4.74 Å². The highest BCUT2D eigenvalue weighted by molar-refractivity contribution is 5.16. The van der Waals surface area contributed by atoms with Crippen LogP contribution in [0, 0.1) is 11.8 Å². The Morgan fingerprint density at radius 1 is 1.05 bits per heavy atom. The van der Waals surface area contributed by atoms with Crippen molar-refractivity contribution in [3.63, 3.8) is 0 Å². The largest absolute Gasteiger partial charge is 0.469 e. The molecule has 0 bridgehead atoms. The zero-order valence-electron chi connectivity index (χ0n) is 12.7. The van der Waals surface area contributed by atoms with Gasteiger partial charge in [0.25, 0.3) is 0 Å². The lowest BCUT2D eigenvalue weighted by Gasteiger charge is -2.22. The third-order valence-electron chi connectivity index (χ3n) is 3.22. The Labute approximate surface area is 117 Å². The third-order valence-corrected chi connectivity index (χ3v) is 3.22. The molecule has 1 aromatic rings. The van der Waals surface area contributed by atoms with Crippen molar-refractivity contribution in [2.75, 3.05) is 0 Å². The van der Waals surface area contributed by atoms with Gasteiger partial charge in [-0.15, -0.1) is 0 Å². The summed E-state index contributed by atoms with van der Waals surface area (Å²) in [6.07, 6.45) is -0.267. The first-order chi connectivity index (χ1) is 8.91. The summed E-state index contributed by atoms with van der Waals surface area (Å²) in [7, 11) is 0. The first-order valence-corrected chi connectivity index (χ1v) is 7.01. The molecule has 0 aliphatic heterocycles. The molecule has 0 amide bonds. The summed E-state index contributed by atoms with van der Waals surface area (Å²) in [4.78, 5) is 0. The second kappa shape index (κ2) is 7.34. The van der Waals surface area contributed by atoms with E-state index in [1.54, 1.807) is 0 Å². The van der Waals surface area contributed by atoms with Gasteiger partial charge in [-0.1, -0.05) is 58.0 Å². The summed E-state index contributed by atoms with van der Waals surface area (Å²) >= 11 is 0. The number of ether oxygens (including phenoxy) is 1. The molecule has 1 atom stereocenters. The van der Waals surface area contributed by atoms with Crippen LogP contribution in [0.25, 0.3) is 0 Å². The van der Waals surface area contributed by atoms with E-state index in [2.05, 4.69) is 27.7 Å². The second-order valence-corrected chi connectivity index (χ2v) is 5.58. The number of rotatable bonds is 6. The summed E-state index contributed by atoms with van der Waals surface area (Å²) in [6.45, 7) is 10.6. The fourth-order valence-electron chi connectivity index (χ4n) is 2.61. The SMILES string of the molecule is CC(OC(O)Cc1ccccc1)=C(C(C)C)C(C)C. The van der Waals surface area contributed by atoms with Gasteiger partial charge in [-0.3, -0.25) is 0 Å². The minimum Gasteiger partial charge on any atom is -0.469 e. The van der Waals surface area contributed by atoms with E-state index in [1.165, 1.54) is 5.57 Å². The van der Waals surface area contributed by atoms with Crippen LogP contribution in [-0.2, 0) is 11.2 Å². The quantitative estimate of drug-likeness (QED) is 0.616. The molecule has 106 valence electrons. The summed E-state index contributed by atoms with van der Waals surface area (Å²) in [5.41, 5.74) is 2.35. The van der Waals surface area contributed by atoms with Crippen LogP contribution in [-0.4, -0.2) is 11.4 Å². The monoisotopic (exact) mass is 262 g/mol. The maximum atomic E-state index is 10.0. The van der Waals surface area contributed by atoms with Gasteiger partial charge < -0.3 is 9.84 Å². The molecule has 0 aliphatic carbocycles. The third kappa shape index (κ3) is 5.07. The van der Waals surface area contributed by atoms with Gasteiger partial charge in [-0.05, 0) is 29.9 Å². The standard InChI is InChI=1S/C17H26O2/c1-12(2)17(13(3)4)14(5)19-16(18)11-15-9-7-6-8-10-15/h6-10,12-13,16,18H,11H2,1-5H3. The Hall–Kier alpha value is -1.28. The lowest BCUT2D eigenvalue weighted by molar-refractivity contribution is -0.0647. The highest BCUT2D eigenvalue weighted by Gasteiger charge is 2.15. The first-order valence-electron chi connectivity index (χ1n) is 7.01. The number of benzene rings is 1. The molecule has 1 N–H and O–H groups in total. The molecule has 0 spiro atoms. The van der Waals surface area contributed by atoms with Gasteiger partial charge in [-0.25, -0.2) is 0 Å². The molecule has 1 unspecified atom stereocenters. The predicted octanol–water partition coefficient (Wildman–Crippen LogP) is 4.15. The zero-order valence-corrected chi connectivity index (χ0v) is 12.7. The molecule has 0 heterocycles. The Morgan fingerprint density at radius 2 is 1.58 bits per heavy atom. The smallest absolute Gasteiger partial charge is 0.200 e. The van der Waals surface area contributed by atoms with E-state index < -0.39 is 6.29 Å². The average Bonchev–Trinajstić information content (AvgIpc) is 2.28. The average molecular weight is 262 g/mol. The van der Waals surface area contributed by atoms with Crippen molar-refractivity contribution in [1.82, 2.24) is 0 Å². The molecule has 2 heteroatoms. The van der Waals surface area contributed by atoms with Crippen molar-refractivity contribution < 1.29 is 9.84 Å². The maximum Gasteiger partial charge on any atom is 0.200 e. The van der Waals surface area contributed by atoms with Gasteiger partial charge in [0.1, 0.15) is 0 Å². The van der Waals surface area contributed by atoms with Crippen LogP contribution in [0.15, 0.2) is 41.7 Å². The molecule has 0 aromatic heterocycles. The minimum absolute atomic E-state index is 0.434. The molecule has 0 saturated heterocycles. The van der Waals surface area contributed by atoms with Gasteiger partial charge in [0.2, 0.25) is 6.29 Å². The van der Waals surface area contributed by atoms with E-state index in [0.717, 1.165) is 11.3 Å². The molecule has 0 saturated carbocycles. The lowest BCUT2D eigenvalue weighted by atomic mass is 9.91. The van der Waals surface area contributed by atoms with Crippen molar-refractivity contribution >= 4 is 0 Å². The molecular weight excluding hydrogens is 236 g/mol. The van der Waals surface area contributed by atoms with E-state index in [0.29, 0.717) is 18.3 Å². The summed E-state index contributed by atoms with van der Waals surface area (Å²) in [5, 5.41) is 10.0. The van der Waals surface area contributed by atoms with E-state index in [1.807, 2.05) is 37.3 Å². The number of hydrogen-bond acceptors (Lipinski definition) is 2. The van der Waals surface area contributed by atoms with Gasteiger partial charge in [0, 0.05) is 6.42 Å². The second-order valence-electron chi connectivity index (χ2n) is 5.58. The fraction of sp³-hybridized carbons (Fsp3) is 0.529. The molecule has 0 radical (unpaired) electrons. The topological polar surface area (TPSA) is 29.5 Å². The van der Waals surface area contributed by atoms with Crippen molar-refractivity contribution in [3.05, 3.63) is 47.2 Å². The van der Waals surface area contributed by atoms with Gasteiger partial charge in [0.15, 0.2) is 0 Å². The lowest BCUT2D eigenvalue weighted by Crippen LogP contribution is -2.17. The van der Waals surface area contributed by atoms with Crippen molar-refractivity contribution in [2.45, 2.75) is 47.3 Å². The molecule has 1 rings (SSSR count). The fourth-order valence-corrected chi connectivity index (χ4v) is 2.61. The molecule has 1 aromatic carbocycles. The van der Waals surface area contributed by atoms with E-state index >= 15 is 0 Å². The Balaban J connectivity index is 2.70. The van der Waals surface area contributed by atoms with Crippen molar-refractivity contribution in [2.24, 2.45) is 11.8 Å². The highest BCUT2D eigenvalue weighted by atomic mass is 16.6. The Morgan fingerprint density at radius 3 is 2.05 bits per heavy atom. The number of aliphatic hydroxyl groups is 1. The van der Waals surface area contributed by atoms with Gasteiger partial charge in [0.05, 0.1) is 5.76 Å². The minimum atomic E-state index is -0.783. The predicted molar refractivity (Wildman–Crippen MR) is 79.6 cm³/mol. The summed E-state index contributed by atoms with van der Waals surface area (Å²) in [5.74, 6) is 1.72. The summed E-state index contributed by atoms with van der Waals surface area (Å²) < 4.78 is 5.67. The Bertz CT molecular complexity index is 395. The number of allylic oxidation sites excluding steroid dienone is 2. The highest BCUT2D eigenvalue weighted by Crippen LogP contribution is 2.24. The van der Waals surface area contributed by atoms with Gasteiger partial charge in [-0.2, -0.15) is 0 Å². The Kier molecular flexibility index (Phi) is 6.10.